The van der Waals surface area contributed by atoms with E-state index in [0.29, 0.717) is 19.5 Å². The summed E-state index contributed by atoms with van der Waals surface area (Å²) in [6, 6.07) is 9.86. The monoisotopic (exact) mass is 278 g/mol. The molecule has 20 heavy (non-hydrogen) atoms. The molecule has 2 amide bonds. The summed E-state index contributed by atoms with van der Waals surface area (Å²) < 4.78 is 0. The Morgan fingerprint density at radius 2 is 1.75 bits per heavy atom. The first kappa shape index (κ1) is 16.5. The Hall–Kier alpha value is -1.55. The fraction of sp³-hybridized carbons (Fsp3) is 0.562. The lowest BCUT2D eigenvalue weighted by Gasteiger charge is -2.25. The van der Waals surface area contributed by atoms with Gasteiger partial charge in [0.05, 0.1) is 6.10 Å². The van der Waals surface area contributed by atoms with Gasteiger partial charge in [0, 0.05) is 13.1 Å². The number of aliphatic hydroxyl groups excluding tert-OH is 1. The van der Waals surface area contributed by atoms with Crippen LogP contribution in [0.1, 0.15) is 32.8 Å². The number of hydrogen-bond donors (Lipinski definition) is 3. The Morgan fingerprint density at radius 1 is 1.15 bits per heavy atom. The van der Waals surface area contributed by atoms with E-state index in [4.69, 9.17) is 0 Å². The van der Waals surface area contributed by atoms with Crippen molar-refractivity contribution in [3.05, 3.63) is 35.9 Å². The number of amides is 2. The minimum absolute atomic E-state index is 0.147. The summed E-state index contributed by atoms with van der Waals surface area (Å²) in [5.41, 5.74) is 1.06. The number of carbonyl (C=O) groups is 1. The fourth-order valence-electron chi connectivity index (χ4n) is 1.78. The molecule has 4 nitrogen and oxygen atoms in total. The standard InChI is InChI=1S/C16H26N2O2/c1-16(2,3)14(19)10-12-18-15(20)17-11-9-13-7-5-4-6-8-13/h4-8,14,19H,9-12H2,1-3H3,(H2,17,18,20). The van der Waals surface area contributed by atoms with Crippen LogP contribution in [0.25, 0.3) is 0 Å². The zero-order valence-corrected chi connectivity index (χ0v) is 12.6. The first-order valence-electron chi connectivity index (χ1n) is 7.13. The van der Waals surface area contributed by atoms with E-state index < -0.39 is 6.10 Å². The minimum atomic E-state index is -0.410. The second kappa shape index (κ2) is 7.90. The first-order chi connectivity index (χ1) is 9.39. The van der Waals surface area contributed by atoms with Crippen molar-refractivity contribution in [2.24, 2.45) is 5.41 Å². The van der Waals surface area contributed by atoms with Gasteiger partial charge in [-0.3, -0.25) is 0 Å². The maximum Gasteiger partial charge on any atom is 0.314 e. The molecule has 1 unspecified atom stereocenters. The molecule has 0 aliphatic carbocycles. The molecule has 112 valence electrons. The highest BCUT2D eigenvalue weighted by Gasteiger charge is 2.21. The van der Waals surface area contributed by atoms with Crippen LogP contribution in [0, 0.1) is 5.41 Å². The Morgan fingerprint density at radius 3 is 2.35 bits per heavy atom. The molecule has 3 N–H and O–H groups in total. The van der Waals surface area contributed by atoms with Gasteiger partial charge < -0.3 is 15.7 Å². The number of hydrogen-bond acceptors (Lipinski definition) is 2. The Kier molecular flexibility index (Phi) is 6.52. The SMILES string of the molecule is CC(C)(C)C(O)CCNC(=O)NCCc1ccccc1. The Labute approximate surface area is 121 Å². The normalized spacial score (nSPS) is 12.8. The highest BCUT2D eigenvalue weighted by Crippen LogP contribution is 2.20. The molecule has 1 atom stereocenters. The molecule has 0 radical (unpaired) electrons. The van der Waals surface area contributed by atoms with Gasteiger partial charge in [-0.25, -0.2) is 4.79 Å². The predicted molar refractivity (Wildman–Crippen MR) is 81.6 cm³/mol. The van der Waals surface area contributed by atoms with E-state index in [9.17, 15) is 9.90 Å². The van der Waals surface area contributed by atoms with Crippen LogP contribution in [0.5, 0.6) is 0 Å². The van der Waals surface area contributed by atoms with Gasteiger partial charge in [0.1, 0.15) is 0 Å². The highest BCUT2D eigenvalue weighted by atomic mass is 16.3. The number of rotatable bonds is 6. The second-order valence-electron chi connectivity index (χ2n) is 6.09. The molecule has 0 aliphatic heterocycles. The van der Waals surface area contributed by atoms with E-state index in [0.717, 1.165) is 6.42 Å². The van der Waals surface area contributed by atoms with Crippen molar-refractivity contribution in [2.75, 3.05) is 13.1 Å². The van der Waals surface area contributed by atoms with E-state index in [1.807, 2.05) is 51.1 Å². The van der Waals surface area contributed by atoms with Crippen molar-refractivity contribution >= 4 is 6.03 Å². The van der Waals surface area contributed by atoms with E-state index >= 15 is 0 Å². The van der Waals surface area contributed by atoms with Gasteiger partial charge in [-0.1, -0.05) is 51.1 Å². The Bertz CT molecular complexity index is 399. The minimum Gasteiger partial charge on any atom is -0.393 e. The summed E-state index contributed by atoms with van der Waals surface area (Å²) in [5, 5.41) is 15.4. The van der Waals surface area contributed by atoms with Crippen LogP contribution in [0.3, 0.4) is 0 Å². The van der Waals surface area contributed by atoms with Gasteiger partial charge >= 0.3 is 6.03 Å². The fourth-order valence-corrected chi connectivity index (χ4v) is 1.78. The van der Waals surface area contributed by atoms with Crippen molar-refractivity contribution < 1.29 is 9.90 Å². The second-order valence-corrected chi connectivity index (χ2v) is 6.09. The van der Waals surface area contributed by atoms with Gasteiger partial charge in [-0.15, -0.1) is 0 Å². The smallest absolute Gasteiger partial charge is 0.314 e. The quantitative estimate of drug-likeness (QED) is 0.748. The third kappa shape index (κ3) is 6.57. The molecule has 0 aromatic heterocycles. The van der Waals surface area contributed by atoms with Crippen molar-refractivity contribution in [1.82, 2.24) is 10.6 Å². The molecule has 0 saturated carbocycles. The number of benzene rings is 1. The van der Waals surface area contributed by atoms with Crippen LogP contribution in [0.4, 0.5) is 4.79 Å². The Balaban J connectivity index is 2.12. The molecule has 1 aromatic carbocycles. The predicted octanol–water partition coefficient (Wildman–Crippen LogP) is 2.33. The lowest BCUT2D eigenvalue weighted by atomic mass is 9.87. The molecule has 0 spiro atoms. The van der Waals surface area contributed by atoms with Crippen LogP contribution in [-0.4, -0.2) is 30.3 Å². The number of nitrogens with one attached hydrogen (secondary N) is 2. The van der Waals surface area contributed by atoms with Crippen LogP contribution in [0.2, 0.25) is 0 Å². The lowest BCUT2D eigenvalue weighted by Crippen LogP contribution is -2.39. The van der Waals surface area contributed by atoms with Gasteiger partial charge in [0.2, 0.25) is 0 Å². The maximum absolute atomic E-state index is 11.6. The van der Waals surface area contributed by atoms with E-state index in [2.05, 4.69) is 10.6 Å². The first-order valence-corrected chi connectivity index (χ1v) is 7.13. The zero-order chi connectivity index (χ0) is 15.0. The topological polar surface area (TPSA) is 61.4 Å². The molecule has 1 rings (SSSR count). The zero-order valence-electron chi connectivity index (χ0n) is 12.6. The summed E-state index contributed by atoms with van der Waals surface area (Å²) in [5.74, 6) is 0. The van der Waals surface area contributed by atoms with Gasteiger partial charge in [0.15, 0.2) is 0 Å². The summed E-state index contributed by atoms with van der Waals surface area (Å²) >= 11 is 0. The molecular formula is C16H26N2O2. The van der Waals surface area contributed by atoms with Crippen molar-refractivity contribution in [1.29, 1.82) is 0 Å². The molecule has 0 aliphatic rings. The highest BCUT2D eigenvalue weighted by molar-refractivity contribution is 5.73. The van der Waals surface area contributed by atoms with Crippen LogP contribution < -0.4 is 10.6 Å². The van der Waals surface area contributed by atoms with Crippen LogP contribution in [0.15, 0.2) is 30.3 Å². The molecule has 4 heteroatoms. The third-order valence-electron chi connectivity index (χ3n) is 3.25. The molecular weight excluding hydrogens is 252 g/mol. The average molecular weight is 278 g/mol. The average Bonchev–Trinajstić information content (AvgIpc) is 2.38. The van der Waals surface area contributed by atoms with Crippen molar-refractivity contribution in [2.45, 2.75) is 39.7 Å². The molecule has 0 heterocycles. The summed E-state index contributed by atoms with van der Waals surface area (Å²) in [4.78, 5) is 11.6. The van der Waals surface area contributed by atoms with E-state index in [1.54, 1.807) is 0 Å². The summed E-state index contributed by atoms with van der Waals surface area (Å²) in [7, 11) is 0. The summed E-state index contributed by atoms with van der Waals surface area (Å²) in [6.07, 6.45) is 0.973. The van der Waals surface area contributed by atoms with Crippen LogP contribution >= 0.6 is 0 Å². The van der Waals surface area contributed by atoms with Crippen LogP contribution in [-0.2, 0) is 6.42 Å². The molecule has 0 saturated heterocycles. The number of aliphatic hydroxyl groups is 1. The van der Waals surface area contributed by atoms with E-state index in [1.165, 1.54) is 5.56 Å². The van der Waals surface area contributed by atoms with Gasteiger partial charge in [-0.05, 0) is 23.8 Å². The third-order valence-corrected chi connectivity index (χ3v) is 3.25. The molecule has 0 fully saturated rings. The van der Waals surface area contributed by atoms with Gasteiger partial charge in [-0.2, -0.15) is 0 Å². The van der Waals surface area contributed by atoms with Gasteiger partial charge in [0.25, 0.3) is 0 Å². The number of carbonyl (C=O) groups excluding carboxylic acids is 1. The largest absolute Gasteiger partial charge is 0.393 e. The molecule has 1 aromatic rings. The lowest BCUT2D eigenvalue weighted by molar-refractivity contribution is 0.0564. The van der Waals surface area contributed by atoms with Crippen molar-refractivity contribution in [3.8, 4) is 0 Å². The maximum atomic E-state index is 11.6. The number of urea groups is 1. The van der Waals surface area contributed by atoms with E-state index in [-0.39, 0.29) is 11.4 Å². The summed E-state index contributed by atoms with van der Waals surface area (Å²) in [6.45, 7) is 7.04. The van der Waals surface area contributed by atoms with Crippen molar-refractivity contribution in [3.63, 3.8) is 0 Å². The molecule has 0 bridgehead atoms.